The Balaban J connectivity index is 1.38. The van der Waals surface area contributed by atoms with Crippen LogP contribution in [0.4, 0.5) is 0 Å². The third-order valence-corrected chi connectivity index (χ3v) is 9.42. The summed E-state index contributed by atoms with van der Waals surface area (Å²) in [4.78, 5) is 12.9. The van der Waals surface area contributed by atoms with Crippen LogP contribution in [-0.2, 0) is 24.3 Å². The fourth-order valence-corrected chi connectivity index (χ4v) is 6.54. The van der Waals surface area contributed by atoms with Gasteiger partial charge in [-0.2, -0.15) is 4.31 Å². The van der Waals surface area contributed by atoms with Gasteiger partial charge in [0.2, 0.25) is 16.3 Å². The molecule has 1 aliphatic heterocycles. The number of carbonyl (C=O) groups is 1. The molecule has 2 aliphatic carbocycles. The number of nitrogens with zero attached hydrogens (tertiary/aromatic N) is 1. The summed E-state index contributed by atoms with van der Waals surface area (Å²) in [5.41, 5.74) is 0. The Morgan fingerprint density at radius 2 is 1.84 bits per heavy atom. The summed E-state index contributed by atoms with van der Waals surface area (Å²) in [5, 5.41) is 12.5. The second-order valence-electron chi connectivity index (χ2n) is 10.2. The Morgan fingerprint density at radius 3 is 2.49 bits per heavy atom. The van der Waals surface area contributed by atoms with E-state index in [1.165, 1.54) is 42.8 Å². The van der Waals surface area contributed by atoms with Gasteiger partial charge in [0.15, 0.2) is 5.76 Å². The van der Waals surface area contributed by atoms with Crippen LogP contribution in [0, 0.1) is 17.8 Å². The number of aliphatic hydroxyl groups excluding tert-OH is 1. The van der Waals surface area contributed by atoms with E-state index < -0.39 is 16.3 Å². The Bertz CT molecular complexity index is 1020. The van der Waals surface area contributed by atoms with Crippen molar-refractivity contribution in [3.05, 3.63) is 36.1 Å². The van der Waals surface area contributed by atoms with Crippen molar-refractivity contribution in [1.82, 2.24) is 9.62 Å². The summed E-state index contributed by atoms with van der Waals surface area (Å²) < 4.78 is 44.6. The van der Waals surface area contributed by atoms with Gasteiger partial charge in [0, 0.05) is 26.1 Å². The highest BCUT2D eigenvalue weighted by Gasteiger charge is 2.34. The lowest BCUT2D eigenvalue weighted by molar-refractivity contribution is -0.151. The second-order valence-corrected chi connectivity index (χ2v) is 12.1. The van der Waals surface area contributed by atoms with Crippen molar-refractivity contribution in [2.75, 3.05) is 40.0 Å². The van der Waals surface area contributed by atoms with Crippen LogP contribution >= 0.6 is 0 Å². The summed E-state index contributed by atoms with van der Waals surface area (Å²) in [5.74, 6) is 1.92. The topological polar surface area (TPSA) is 114 Å². The highest BCUT2D eigenvalue weighted by atomic mass is 32.2. The average molecular weight is 537 g/mol. The van der Waals surface area contributed by atoms with E-state index in [2.05, 4.69) is 5.32 Å². The first-order valence-corrected chi connectivity index (χ1v) is 14.9. The van der Waals surface area contributed by atoms with Crippen LogP contribution in [0.2, 0.25) is 0 Å². The van der Waals surface area contributed by atoms with Crippen molar-refractivity contribution in [1.29, 1.82) is 0 Å². The van der Waals surface area contributed by atoms with Crippen LogP contribution in [0.1, 0.15) is 51.4 Å². The van der Waals surface area contributed by atoms with Gasteiger partial charge >= 0.3 is 0 Å². The van der Waals surface area contributed by atoms with Crippen molar-refractivity contribution in [2.24, 2.45) is 17.8 Å². The van der Waals surface area contributed by atoms with Crippen LogP contribution in [0.25, 0.3) is 0 Å². The smallest absolute Gasteiger partial charge is 0.286 e. The molecule has 9 nitrogen and oxygen atoms in total. The van der Waals surface area contributed by atoms with Crippen molar-refractivity contribution < 1.29 is 32.5 Å². The molecule has 4 rings (SSSR count). The predicted octanol–water partition coefficient (Wildman–Crippen LogP) is 3.05. The fraction of sp³-hybridized carbons (Fsp3) is 0.667. The highest BCUT2D eigenvalue weighted by molar-refractivity contribution is 7.89. The number of aliphatic hydroxyl groups is 1. The molecule has 0 aromatic heterocycles. The summed E-state index contributed by atoms with van der Waals surface area (Å²) in [6, 6.07) is 6.14. The van der Waals surface area contributed by atoms with Gasteiger partial charge in [-0.05, 0) is 73.8 Å². The van der Waals surface area contributed by atoms with E-state index in [4.69, 9.17) is 14.2 Å². The van der Waals surface area contributed by atoms with Crippen LogP contribution in [-0.4, -0.2) is 70.0 Å². The maximum absolute atomic E-state index is 13.2. The lowest BCUT2D eigenvalue weighted by atomic mass is 9.77. The van der Waals surface area contributed by atoms with E-state index in [0.29, 0.717) is 36.3 Å². The maximum Gasteiger partial charge on any atom is 0.286 e. The monoisotopic (exact) mass is 536 g/mol. The molecule has 0 radical (unpaired) electrons. The number of rotatable bonds is 13. The SMILES string of the molecule is COc1ccc(S(=O)(=O)N(CCO)CCO[C@@H]2C[C@H](C3CCCCC3)C=C(C(=O)NCC3CC3)O2)cc1. The zero-order chi connectivity index (χ0) is 26.3. The largest absolute Gasteiger partial charge is 0.497 e. The number of ether oxygens (including phenoxy) is 3. The second kappa shape index (κ2) is 13.1. The average Bonchev–Trinajstić information content (AvgIpc) is 3.76. The number of benzene rings is 1. The maximum atomic E-state index is 13.2. The van der Waals surface area contributed by atoms with Crippen LogP contribution in [0.15, 0.2) is 41.0 Å². The normalized spacial score (nSPS) is 22.8. The van der Waals surface area contributed by atoms with E-state index in [1.54, 1.807) is 12.1 Å². The summed E-state index contributed by atoms with van der Waals surface area (Å²) in [7, 11) is -2.32. The van der Waals surface area contributed by atoms with Crippen LogP contribution < -0.4 is 10.1 Å². The minimum Gasteiger partial charge on any atom is -0.497 e. The summed E-state index contributed by atoms with van der Waals surface area (Å²) in [6.07, 6.45) is 10.2. The molecular formula is C27H40N2O7S. The molecule has 10 heteroatoms. The third-order valence-electron chi connectivity index (χ3n) is 7.51. The summed E-state index contributed by atoms with van der Waals surface area (Å²) >= 11 is 0. The van der Waals surface area contributed by atoms with Crippen molar-refractivity contribution in [3.63, 3.8) is 0 Å². The van der Waals surface area contributed by atoms with Gasteiger partial charge in [-0.1, -0.05) is 19.3 Å². The minimum atomic E-state index is -3.83. The number of sulfonamides is 1. The van der Waals surface area contributed by atoms with E-state index >= 15 is 0 Å². The van der Waals surface area contributed by atoms with Gasteiger partial charge in [-0.15, -0.1) is 0 Å². The highest BCUT2D eigenvalue weighted by Crippen LogP contribution is 2.37. The predicted molar refractivity (Wildman–Crippen MR) is 138 cm³/mol. The molecular weight excluding hydrogens is 496 g/mol. The van der Waals surface area contributed by atoms with E-state index in [-0.39, 0.29) is 43.0 Å². The van der Waals surface area contributed by atoms with Crippen molar-refractivity contribution in [2.45, 2.75) is 62.6 Å². The lowest BCUT2D eigenvalue weighted by Gasteiger charge is -2.35. The molecule has 0 saturated heterocycles. The molecule has 206 valence electrons. The number of allylic oxidation sites excluding steroid dienone is 1. The Morgan fingerprint density at radius 1 is 1.11 bits per heavy atom. The minimum absolute atomic E-state index is 0.0514. The van der Waals surface area contributed by atoms with Crippen LogP contribution in [0.3, 0.4) is 0 Å². The van der Waals surface area contributed by atoms with Crippen molar-refractivity contribution >= 4 is 15.9 Å². The molecule has 0 bridgehead atoms. The van der Waals surface area contributed by atoms with Gasteiger partial charge in [0.25, 0.3) is 5.91 Å². The molecule has 1 heterocycles. The molecule has 37 heavy (non-hydrogen) atoms. The molecule has 2 fully saturated rings. The van der Waals surface area contributed by atoms with E-state index in [0.717, 1.165) is 25.7 Å². The Labute approximate surface area is 220 Å². The molecule has 2 N–H and O–H groups in total. The third kappa shape index (κ3) is 7.69. The molecule has 2 saturated carbocycles. The van der Waals surface area contributed by atoms with Crippen molar-refractivity contribution in [3.8, 4) is 5.75 Å². The molecule has 1 amide bonds. The fourth-order valence-electron chi connectivity index (χ4n) is 5.13. The quantitative estimate of drug-likeness (QED) is 0.398. The summed E-state index contributed by atoms with van der Waals surface area (Å²) in [6.45, 7) is 0.429. The molecule has 0 unspecified atom stereocenters. The Kier molecular flexibility index (Phi) is 9.86. The first-order valence-electron chi connectivity index (χ1n) is 13.4. The molecule has 3 aliphatic rings. The molecule has 2 atom stereocenters. The first-order chi connectivity index (χ1) is 17.9. The number of hydrogen-bond donors (Lipinski definition) is 2. The van der Waals surface area contributed by atoms with Gasteiger partial charge < -0.3 is 24.6 Å². The number of amides is 1. The van der Waals surface area contributed by atoms with Gasteiger partial charge in [0.1, 0.15) is 5.75 Å². The van der Waals surface area contributed by atoms with Gasteiger partial charge in [0.05, 0.1) is 25.2 Å². The van der Waals surface area contributed by atoms with E-state index in [9.17, 15) is 18.3 Å². The number of nitrogens with one attached hydrogen (secondary N) is 1. The molecule has 0 spiro atoms. The standard InChI is InChI=1S/C27H40N2O7S/c1-34-23-9-11-24(12-10-23)37(32,33)29(13-15-30)14-16-35-26-18-22(21-5-3-2-4-6-21)17-25(36-26)27(31)28-19-20-7-8-20/h9-12,17,20-22,26,30H,2-8,13-16,18-19H2,1H3,(H,28,31)/t22-,26+/m1/s1. The number of hydrogen-bond acceptors (Lipinski definition) is 7. The van der Waals surface area contributed by atoms with Gasteiger partial charge in [-0.3, -0.25) is 4.79 Å². The molecule has 1 aromatic carbocycles. The molecule has 1 aromatic rings. The lowest BCUT2D eigenvalue weighted by Crippen LogP contribution is -2.39. The van der Waals surface area contributed by atoms with Gasteiger partial charge in [-0.25, -0.2) is 8.42 Å². The Hall–Kier alpha value is -2.14. The van der Waals surface area contributed by atoms with Crippen LogP contribution in [0.5, 0.6) is 5.75 Å². The van der Waals surface area contributed by atoms with E-state index in [1.807, 2.05) is 6.08 Å². The number of methoxy groups -OCH3 is 1. The number of carbonyl (C=O) groups excluding carboxylic acids is 1. The zero-order valence-corrected chi connectivity index (χ0v) is 22.5. The first kappa shape index (κ1) is 27.9. The zero-order valence-electron chi connectivity index (χ0n) is 21.6.